The van der Waals surface area contributed by atoms with E-state index in [1.807, 2.05) is 60.7 Å². The fourth-order valence-electron chi connectivity index (χ4n) is 3.60. The molecule has 0 aliphatic carbocycles. The summed E-state index contributed by atoms with van der Waals surface area (Å²) in [5, 5.41) is 7.27. The fraction of sp³-hybridized carbons (Fsp3) is 0.0385. The summed E-state index contributed by atoms with van der Waals surface area (Å²) in [5.41, 5.74) is 3.15. The van der Waals surface area contributed by atoms with Crippen molar-refractivity contribution >= 4 is 22.6 Å². The quantitative estimate of drug-likeness (QED) is 0.403. The molecule has 0 unspecified atom stereocenters. The van der Waals surface area contributed by atoms with E-state index in [4.69, 9.17) is 8.94 Å². The van der Waals surface area contributed by atoms with E-state index in [1.165, 1.54) is 6.07 Å². The summed E-state index contributed by atoms with van der Waals surface area (Å²) < 4.78 is 11.2. The number of rotatable bonds is 4. The van der Waals surface area contributed by atoms with Gasteiger partial charge in [0, 0.05) is 22.9 Å². The van der Waals surface area contributed by atoms with Crippen LogP contribution in [0.15, 0.2) is 98.7 Å². The van der Waals surface area contributed by atoms with Gasteiger partial charge >= 0.3 is 0 Å². The van der Waals surface area contributed by atoms with Gasteiger partial charge in [-0.1, -0.05) is 65.8 Å². The predicted octanol–water partition coefficient (Wildman–Crippen LogP) is 5.68. The summed E-state index contributed by atoms with van der Waals surface area (Å²) in [4.78, 5) is 25.8. The van der Waals surface area contributed by atoms with Crippen LogP contribution in [0.1, 0.15) is 16.1 Å². The molecule has 156 valence electrons. The van der Waals surface area contributed by atoms with E-state index in [0.717, 1.165) is 11.1 Å². The van der Waals surface area contributed by atoms with Gasteiger partial charge in [-0.15, -0.1) is 0 Å². The number of aryl methyl sites for hydroxylation is 1. The second-order valence-electron chi connectivity index (χ2n) is 7.33. The van der Waals surface area contributed by atoms with E-state index in [0.29, 0.717) is 39.4 Å². The lowest BCUT2D eigenvalue weighted by Crippen LogP contribution is -2.14. The van der Waals surface area contributed by atoms with Crippen LogP contribution in [0, 0.1) is 6.92 Å². The summed E-state index contributed by atoms with van der Waals surface area (Å²) in [6.07, 6.45) is 0. The van der Waals surface area contributed by atoms with Crippen molar-refractivity contribution in [2.24, 2.45) is 0 Å². The van der Waals surface area contributed by atoms with Crippen molar-refractivity contribution < 1.29 is 13.7 Å². The Morgan fingerprint density at radius 1 is 0.875 bits per heavy atom. The number of carbonyl (C=O) groups is 1. The van der Waals surface area contributed by atoms with Crippen molar-refractivity contribution in [3.8, 4) is 22.6 Å². The van der Waals surface area contributed by atoms with Crippen LogP contribution in [0.3, 0.4) is 0 Å². The Balaban J connectivity index is 1.48. The van der Waals surface area contributed by atoms with Crippen LogP contribution < -0.4 is 10.7 Å². The lowest BCUT2D eigenvalue weighted by atomic mass is 10.1. The average Bonchev–Trinajstić information content (AvgIpc) is 3.22. The van der Waals surface area contributed by atoms with Crippen molar-refractivity contribution in [2.75, 3.05) is 5.32 Å². The number of benzene rings is 3. The Morgan fingerprint density at radius 3 is 2.28 bits per heavy atom. The van der Waals surface area contributed by atoms with Crippen molar-refractivity contribution in [1.82, 2.24) is 5.16 Å². The Bertz CT molecular complexity index is 1490. The van der Waals surface area contributed by atoms with Gasteiger partial charge in [0.25, 0.3) is 5.91 Å². The molecule has 2 aromatic heterocycles. The number of anilines is 1. The minimum Gasteiger partial charge on any atom is -0.456 e. The molecule has 1 amide bonds. The Hall–Kier alpha value is -4.45. The third-order valence-corrected chi connectivity index (χ3v) is 5.18. The van der Waals surface area contributed by atoms with Gasteiger partial charge < -0.3 is 14.3 Å². The molecule has 3 aromatic carbocycles. The first-order valence-electron chi connectivity index (χ1n) is 10.1. The summed E-state index contributed by atoms with van der Waals surface area (Å²) >= 11 is 0. The van der Waals surface area contributed by atoms with Gasteiger partial charge in [-0.3, -0.25) is 9.59 Å². The van der Waals surface area contributed by atoms with E-state index >= 15 is 0 Å². The number of nitrogens with zero attached hydrogens (tertiary/aromatic N) is 1. The molecule has 5 aromatic rings. The van der Waals surface area contributed by atoms with E-state index in [9.17, 15) is 9.59 Å². The van der Waals surface area contributed by atoms with Crippen LogP contribution in [0.5, 0.6) is 0 Å². The molecule has 0 aliphatic heterocycles. The van der Waals surface area contributed by atoms with Gasteiger partial charge in [0.1, 0.15) is 28.4 Å². The maximum atomic E-state index is 13.0. The Kier molecular flexibility index (Phi) is 4.88. The van der Waals surface area contributed by atoms with Gasteiger partial charge in [-0.2, -0.15) is 0 Å². The number of carbonyl (C=O) groups excluding carboxylic acids is 1. The predicted molar refractivity (Wildman–Crippen MR) is 123 cm³/mol. The van der Waals surface area contributed by atoms with Crippen molar-refractivity contribution in [1.29, 1.82) is 0 Å². The smallest absolute Gasteiger partial charge is 0.261 e. The first-order valence-corrected chi connectivity index (χ1v) is 10.1. The van der Waals surface area contributed by atoms with Crippen LogP contribution in [0.25, 0.3) is 33.6 Å². The molecule has 32 heavy (non-hydrogen) atoms. The van der Waals surface area contributed by atoms with Crippen LogP contribution >= 0.6 is 0 Å². The number of hydrogen-bond donors (Lipinski definition) is 1. The molecule has 0 spiro atoms. The normalized spacial score (nSPS) is 10.9. The molecule has 0 aliphatic rings. The van der Waals surface area contributed by atoms with Gasteiger partial charge in [0.05, 0.1) is 5.39 Å². The maximum absolute atomic E-state index is 13.0. The highest BCUT2D eigenvalue weighted by atomic mass is 16.5. The summed E-state index contributed by atoms with van der Waals surface area (Å²) in [5.74, 6) is 0.536. The minimum atomic E-state index is -0.368. The van der Waals surface area contributed by atoms with Gasteiger partial charge in [0.15, 0.2) is 5.43 Å². The number of hydrogen-bond acceptors (Lipinski definition) is 5. The summed E-state index contributed by atoms with van der Waals surface area (Å²) in [7, 11) is 0. The third kappa shape index (κ3) is 3.58. The highest BCUT2D eigenvalue weighted by molar-refractivity contribution is 6.09. The zero-order valence-corrected chi connectivity index (χ0v) is 17.2. The first kappa shape index (κ1) is 19.5. The van der Waals surface area contributed by atoms with Crippen molar-refractivity contribution in [2.45, 2.75) is 6.92 Å². The van der Waals surface area contributed by atoms with Crippen LogP contribution in [0.4, 0.5) is 5.69 Å². The SMILES string of the molecule is Cc1onc(-c2ccccc2)c1C(=O)Nc1ccc2oc(-c3ccccc3)cc(=O)c2c1. The lowest BCUT2D eigenvalue weighted by molar-refractivity contribution is 0.102. The highest BCUT2D eigenvalue weighted by Gasteiger charge is 2.22. The van der Waals surface area contributed by atoms with Crippen molar-refractivity contribution in [3.63, 3.8) is 0 Å². The minimum absolute atomic E-state index is 0.188. The molecule has 5 rings (SSSR count). The molecule has 0 saturated heterocycles. The van der Waals surface area contributed by atoms with E-state index in [2.05, 4.69) is 10.5 Å². The summed E-state index contributed by atoms with van der Waals surface area (Å²) in [6, 6.07) is 25.2. The molecule has 2 heterocycles. The second-order valence-corrected chi connectivity index (χ2v) is 7.33. The van der Waals surface area contributed by atoms with Gasteiger partial charge in [0.2, 0.25) is 0 Å². The molecule has 0 radical (unpaired) electrons. The van der Waals surface area contributed by atoms with E-state index in [1.54, 1.807) is 25.1 Å². The highest BCUT2D eigenvalue weighted by Crippen LogP contribution is 2.27. The number of nitrogens with one attached hydrogen (secondary N) is 1. The fourth-order valence-corrected chi connectivity index (χ4v) is 3.60. The largest absolute Gasteiger partial charge is 0.456 e. The summed E-state index contributed by atoms with van der Waals surface area (Å²) in [6.45, 7) is 1.69. The molecule has 0 bridgehead atoms. The Morgan fingerprint density at radius 2 is 1.56 bits per heavy atom. The molecule has 0 fully saturated rings. The molecule has 0 atom stereocenters. The molecular formula is C26H18N2O4. The molecular weight excluding hydrogens is 404 g/mol. The first-order chi connectivity index (χ1) is 15.6. The molecule has 6 nitrogen and oxygen atoms in total. The zero-order valence-electron chi connectivity index (χ0n) is 17.2. The number of fused-ring (bicyclic) bond motifs is 1. The lowest BCUT2D eigenvalue weighted by Gasteiger charge is -2.08. The van der Waals surface area contributed by atoms with E-state index < -0.39 is 0 Å². The van der Waals surface area contributed by atoms with E-state index in [-0.39, 0.29) is 11.3 Å². The van der Waals surface area contributed by atoms with Crippen LogP contribution in [0.2, 0.25) is 0 Å². The standard InChI is InChI=1S/C26H18N2O4/c1-16-24(25(28-32-16)18-10-6-3-7-11-18)26(30)27-19-12-13-22-20(14-19)21(29)15-23(31-22)17-8-4-2-5-9-17/h2-15H,1H3,(H,27,30). The maximum Gasteiger partial charge on any atom is 0.261 e. The molecule has 6 heteroatoms. The monoisotopic (exact) mass is 422 g/mol. The van der Waals surface area contributed by atoms with Crippen molar-refractivity contribution in [3.05, 3.63) is 106 Å². The van der Waals surface area contributed by atoms with Crippen LogP contribution in [-0.4, -0.2) is 11.1 Å². The number of aromatic nitrogens is 1. The average molecular weight is 422 g/mol. The van der Waals surface area contributed by atoms with Gasteiger partial charge in [-0.25, -0.2) is 0 Å². The topological polar surface area (TPSA) is 85.3 Å². The second kappa shape index (κ2) is 8.00. The molecule has 1 N–H and O–H groups in total. The van der Waals surface area contributed by atoms with Gasteiger partial charge in [-0.05, 0) is 25.1 Å². The molecule has 0 saturated carbocycles. The van der Waals surface area contributed by atoms with Crippen LogP contribution in [-0.2, 0) is 0 Å². The third-order valence-electron chi connectivity index (χ3n) is 5.18. The number of amides is 1. The zero-order chi connectivity index (χ0) is 22.1. The Labute approximate surface area is 183 Å².